The number of nitrogens with two attached hydrogens (primary N) is 1. The lowest BCUT2D eigenvalue weighted by Gasteiger charge is -2.23. The fourth-order valence-corrected chi connectivity index (χ4v) is 2.96. The van der Waals surface area contributed by atoms with Crippen LogP contribution in [0.2, 0.25) is 0 Å². The van der Waals surface area contributed by atoms with Crippen molar-refractivity contribution in [3.63, 3.8) is 0 Å². The van der Waals surface area contributed by atoms with Crippen LogP contribution in [-0.2, 0) is 17.8 Å². The molecule has 1 amide bonds. The van der Waals surface area contributed by atoms with Gasteiger partial charge in [-0.15, -0.1) is 0 Å². The molecule has 0 fully saturated rings. The highest BCUT2D eigenvalue weighted by Crippen LogP contribution is 2.24. The number of fused-ring (bicyclic) bond motifs is 1. The van der Waals surface area contributed by atoms with Crippen molar-refractivity contribution < 1.29 is 4.79 Å². The van der Waals surface area contributed by atoms with Gasteiger partial charge in [-0.2, -0.15) is 5.10 Å². The van der Waals surface area contributed by atoms with Gasteiger partial charge in [0.15, 0.2) is 5.82 Å². The predicted molar refractivity (Wildman–Crippen MR) is 87.5 cm³/mol. The summed E-state index contributed by atoms with van der Waals surface area (Å²) in [6.07, 6.45) is 2.97. The van der Waals surface area contributed by atoms with Crippen LogP contribution in [0.1, 0.15) is 55.5 Å². The first-order chi connectivity index (χ1) is 11.2. The Kier molecular flexibility index (Phi) is 4.71. The third-order valence-corrected chi connectivity index (χ3v) is 4.20. The lowest BCUT2D eigenvalue weighted by atomic mass is 10.0. The van der Waals surface area contributed by atoms with Crippen molar-refractivity contribution in [1.29, 1.82) is 0 Å². The van der Waals surface area contributed by atoms with Crippen LogP contribution in [0, 0.1) is 0 Å². The molecule has 1 aliphatic heterocycles. The standard InChI is InChI=1S/C17H23N5O/c1-2-15-20-17-14(9-6-10-22(17)21-15)19-16(23)11-13(18)12-7-4-3-5-8-12/h3-5,7-8,13-14H,2,6,9-11,18H2,1H3,(H,19,23). The highest BCUT2D eigenvalue weighted by atomic mass is 16.1. The Morgan fingerprint density at radius 1 is 1.43 bits per heavy atom. The summed E-state index contributed by atoms with van der Waals surface area (Å²) >= 11 is 0. The smallest absolute Gasteiger partial charge is 0.222 e. The van der Waals surface area contributed by atoms with Crippen LogP contribution in [0.4, 0.5) is 0 Å². The number of aryl methyl sites for hydroxylation is 2. The molecular weight excluding hydrogens is 290 g/mol. The van der Waals surface area contributed by atoms with Gasteiger partial charge in [-0.3, -0.25) is 4.79 Å². The molecular formula is C17H23N5O. The predicted octanol–water partition coefficient (Wildman–Crippen LogP) is 1.88. The van der Waals surface area contributed by atoms with Crippen LogP contribution in [0.15, 0.2) is 30.3 Å². The molecule has 1 aliphatic rings. The number of nitrogens with zero attached hydrogens (tertiary/aromatic N) is 3. The van der Waals surface area contributed by atoms with Gasteiger partial charge in [-0.1, -0.05) is 37.3 Å². The summed E-state index contributed by atoms with van der Waals surface area (Å²) in [5.74, 6) is 1.66. The van der Waals surface area contributed by atoms with Crippen LogP contribution in [0.25, 0.3) is 0 Å². The maximum atomic E-state index is 12.3. The summed E-state index contributed by atoms with van der Waals surface area (Å²) in [5, 5.41) is 7.54. The summed E-state index contributed by atoms with van der Waals surface area (Å²) in [6.45, 7) is 2.91. The first kappa shape index (κ1) is 15.7. The zero-order chi connectivity index (χ0) is 16.2. The summed E-state index contributed by atoms with van der Waals surface area (Å²) in [6, 6.07) is 9.35. The molecule has 0 saturated heterocycles. The Morgan fingerprint density at radius 2 is 2.22 bits per heavy atom. The molecule has 3 N–H and O–H groups in total. The highest BCUT2D eigenvalue weighted by Gasteiger charge is 2.26. The van der Waals surface area contributed by atoms with E-state index in [9.17, 15) is 4.79 Å². The van der Waals surface area contributed by atoms with E-state index >= 15 is 0 Å². The molecule has 2 atom stereocenters. The van der Waals surface area contributed by atoms with E-state index in [1.807, 2.05) is 41.9 Å². The largest absolute Gasteiger partial charge is 0.346 e. The van der Waals surface area contributed by atoms with Gasteiger partial charge in [-0.05, 0) is 18.4 Å². The number of nitrogens with one attached hydrogen (secondary N) is 1. The van der Waals surface area contributed by atoms with Crippen molar-refractivity contribution in [1.82, 2.24) is 20.1 Å². The minimum atomic E-state index is -0.288. The highest BCUT2D eigenvalue weighted by molar-refractivity contribution is 5.77. The fourth-order valence-electron chi connectivity index (χ4n) is 2.96. The molecule has 0 bridgehead atoms. The zero-order valence-electron chi connectivity index (χ0n) is 13.4. The number of hydrogen-bond acceptors (Lipinski definition) is 4. The van der Waals surface area contributed by atoms with Crippen molar-refractivity contribution in [3.8, 4) is 0 Å². The summed E-state index contributed by atoms with van der Waals surface area (Å²) in [5.41, 5.74) is 7.10. The molecule has 1 aromatic heterocycles. The number of hydrogen-bond donors (Lipinski definition) is 2. The van der Waals surface area contributed by atoms with Gasteiger partial charge in [-0.25, -0.2) is 9.67 Å². The lowest BCUT2D eigenvalue weighted by Crippen LogP contribution is -2.34. The van der Waals surface area contributed by atoms with Gasteiger partial charge in [0.1, 0.15) is 5.82 Å². The maximum absolute atomic E-state index is 12.3. The molecule has 0 spiro atoms. The number of carbonyl (C=O) groups is 1. The molecule has 23 heavy (non-hydrogen) atoms. The van der Waals surface area contributed by atoms with Gasteiger partial charge in [0, 0.05) is 25.4 Å². The zero-order valence-corrected chi connectivity index (χ0v) is 13.4. The Labute approximate surface area is 136 Å². The van der Waals surface area contributed by atoms with E-state index in [-0.39, 0.29) is 24.4 Å². The van der Waals surface area contributed by atoms with Gasteiger partial charge in [0.05, 0.1) is 6.04 Å². The second-order valence-electron chi connectivity index (χ2n) is 5.95. The van der Waals surface area contributed by atoms with Crippen molar-refractivity contribution in [2.45, 2.75) is 51.2 Å². The molecule has 2 heterocycles. The Balaban J connectivity index is 1.64. The van der Waals surface area contributed by atoms with E-state index in [0.29, 0.717) is 0 Å². The average Bonchev–Trinajstić information content (AvgIpc) is 3.00. The van der Waals surface area contributed by atoms with Crippen LogP contribution in [-0.4, -0.2) is 20.7 Å². The fraction of sp³-hybridized carbons (Fsp3) is 0.471. The van der Waals surface area contributed by atoms with Gasteiger partial charge >= 0.3 is 0 Å². The van der Waals surface area contributed by atoms with Gasteiger partial charge in [0.25, 0.3) is 0 Å². The minimum absolute atomic E-state index is 0.0409. The van der Waals surface area contributed by atoms with E-state index in [1.54, 1.807) is 0 Å². The van der Waals surface area contributed by atoms with Crippen molar-refractivity contribution in [3.05, 3.63) is 47.5 Å². The van der Waals surface area contributed by atoms with E-state index in [2.05, 4.69) is 15.4 Å². The second-order valence-corrected chi connectivity index (χ2v) is 5.95. The molecule has 0 radical (unpaired) electrons. The van der Waals surface area contributed by atoms with Crippen LogP contribution in [0.5, 0.6) is 0 Å². The molecule has 0 aliphatic carbocycles. The molecule has 2 unspecified atom stereocenters. The first-order valence-corrected chi connectivity index (χ1v) is 8.21. The monoisotopic (exact) mass is 313 g/mol. The van der Waals surface area contributed by atoms with Crippen molar-refractivity contribution in [2.75, 3.05) is 0 Å². The van der Waals surface area contributed by atoms with Crippen molar-refractivity contribution >= 4 is 5.91 Å². The normalized spacial score (nSPS) is 18.3. The average molecular weight is 313 g/mol. The maximum Gasteiger partial charge on any atom is 0.222 e. The molecule has 3 rings (SSSR count). The summed E-state index contributed by atoms with van der Waals surface area (Å²) < 4.78 is 1.92. The van der Waals surface area contributed by atoms with E-state index in [4.69, 9.17) is 5.73 Å². The van der Waals surface area contributed by atoms with Crippen molar-refractivity contribution in [2.24, 2.45) is 5.73 Å². The third kappa shape index (κ3) is 3.59. The lowest BCUT2D eigenvalue weighted by molar-refractivity contribution is -0.122. The number of aromatic nitrogens is 3. The quantitative estimate of drug-likeness (QED) is 0.882. The van der Waals surface area contributed by atoms with E-state index in [1.165, 1.54) is 0 Å². The molecule has 6 heteroatoms. The number of amides is 1. The van der Waals surface area contributed by atoms with E-state index < -0.39 is 0 Å². The Morgan fingerprint density at radius 3 is 2.96 bits per heavy atom. The van der Waals surface area contributed by atoms with Crippen LogP contribution in [0.3, 0.4) is 0 Å². The molecule has 122 valence electrons. The number of carbonyl (C=O) groups excluding carboxylic acids is 1. The topological polar surface area (TPSA) is 85.8 Å². The first-order valence-electron chi connectivity index (χ1n) is 8.21. The third-order valence-electron chi connectivity index (χ3n) is 4.20. The Hall–Kier alpha value is -2.21. The van der Waals surface area contributed by atoms with Crippen LogP contribution < -0.4 is 11.1 Å². The summed E-state index contributed by atoms with van der Waals surface area (Å²) in [7, 11) is 0. The van der Waals surface area contributed by atoms with Gasteiger partial charge < -0.3 is 11.1 Å². The molecule has 0 saturated carbocycles. The Bertz CT molecular complexity index is 667. The SMILES string of the molecule is CCc1nc2n(n1)CCCC2NC(=O)CC(N)c1ccccc1. The molecule has 6 nitrogen and oxygen atoms in total. The number of benzene rings is 1. The number of rotatable bonds is 5. The molecule has 2 aromatic rings. The van der Waals surface area contributed by atoms with Gasteiger partial charge in [0.2, 0.25) is 5.91 Å². The van der Waals surface area contributed by atoms with E-state index in [0.717, 1.165) is 43.0 Å². The second kappa shape index (κ2) is 6.91. The minimum Gasteiger partial charge on any atom is -0.346 e. The van der Waals surface area contributed by atoms with Crippen LogP contribution >= 0.6 is 0 Å². The summed E-state index contributed by atoms with van der Waals surface area (Å²) in [4.78, 5) is 16.9. The molecule has 1 aromatic carbocycles.